The number of carbonyl (C=O) groups is 1. The van der Waals surface area contributed by atoms with Crippen molar-refractivity contribution < 1.29 is 9.90 Å². The molecule has 0 heterocycles. The quantitative estimate of drug-likeness (QED) is 0.782. The summed E-state index contributed by atoms with van der Waals surface area (Å²) >= 11 is 5.90. The van der Waals surface area contributed by atoms with E-state index in [1.165, 1.54) is 0 Å². The maximum Gasteiger partial charge on any atom is 0.315 e. The van der Waals surface area contributed by atoms with E-state index in [9.17, 15) is 9.90 Å². The molecule has 2 amide bonds. The summed E-state index contributed by atoms with van der Waals surface area (Å²) in [4.78, 5) is 11.9. The van der Waals surface area contributed by atoms with Crippen LogP contribution in [0.2, 0.25) is 5.02 Å². The molecule has 110 valence electrons. The Morgan fingerprint density at radius 2 is 2.05 bits per heavy atom. The molecule has 0 aliphatic heterocycles. The fraction of sp³-hybridized carbons (Fsp3) is 0.533. The molecule has 4 atom stereocenters. The van der Waals surface area contributed by atoms with Crippen LogP contribution < -0.4 is 10.6 Å². The van der Waals surface area contributed by atoms with E-state index in [2.05, 4.69) is 17.6 Å². The lowest BCUT2D eigenvalue weighted by Crippen LogP contribution is -2.41. The number of amides is 2. The van der Waals surface area contributed by atoms with Gasteiger partial charge in [0.05, 0.1) is 12.1 Å². The molecule has 0 bridgehead atoms. The smallest absolute Gasteiger partial charge is 0.315 e. The molecule has 5 heteroatoms. The zero-order chi connectivity index (χ0) is 14.7. The highest BCUT2D eigenvalue weighted by Gasteiger charge is 2.40. The lowest BCUT2D eigenvalue weighted by molar-refractivity contribution is 0.186. The molecule has 0 unspecified atom stereocenters. The number of hydrogen-bond acceptors (Lipinski definition) is 2. The molecular formula is C15H21ClN2O2. The number of benzene rings is 1. The molecule has 20 heavy (non-hydrogen) atoms. The zero-order valence-electron chi connectivity index (χ0n) is 11.8. The predicted octanol–water partition coefficient (Wildman–Crippen LogP) is 2.72. The van der Waals surface area contributed by atoms with Gasteiger partial charge in [-0.2, -0.15) is 0 Å². The van der Waals surface area contributed by atoms with Crippen molar-refractivity contribution >= 4 is 17.6 Å². The molecule has 0 spiro atoms. The van der Waals surface area contributed by atoms with Gasteiger partial charge < -0.3 is 15.7 Å². The van der Waals surface area contributed by atoms with Crippen LogP contribution in [0.1, 0.15) is 31.9 Å². The summed E-state index contributed by atoms with van der Waals surface area (Å²) in [5.41, 5.74) is 1.07. The molecule has 0 saturated heterocycles. The van der Waals surface area contributed by atoms with Crippen LogP contribution in [0.15, 0.2) is 24.3 Å². The molecule has 1 aromatic rings. The first-order valence-corrected chi connectivity index (χ1v) is 7.33. The number of urea groups is 1. The van der Waals surface area contributed by atoms with E-state index in [0.29, 0.717) is 16.9 Å². The minimum absolute atomic E-state index is 0.00346. The summed E-state index contributed by atoms with van der Waals surface area (Å²) in [6.07, 6.45) is 0.568. The lowest BCUT2D eigenvalue weighted by Gasteiger charge is -2.20. The van der Waals surface area contributed by atoms with Gasteiger partial charge in [0, 0.05) is 11.6 Å². The summed E-state index contributed by atoms with van der Waals surface area (Å²) in [6.45, 7) is 4.07. The van der Waals surface area contributed by atoms with Gasteiger partial charge in [-0.1, -0.05) is 30.7 Å². The molecule has 3 N–H and O–H groups in total. The number of aliphatic hydroxyl groups excluding tert-OH is 1. The molecule has 0 radical (unpaired) electrons. The maximum absolute atomic E-state index is 11.9. The monoisotopic (exact) mass is 296 g/mol. The Labute approximate surface area is 124 Å². The standard InChI is InChI=1S/C15H21ClN2O2/c1-9-7-13(9)14(11-3-5-12(16)6-4-11)18-15(20)17-8-10(2)19/h3-6,9-10,13-14,19H,7-8H2,1-2H3,(H2,17,18,20)/t9-,10-,13+,14+/m1/s1. The van der Waals surface area contributed by atoms with Crippen molar-refractivity contribution in [3.8, 4) is 0 Å². The molecule has 1 aliphatic carbocycles. The van der Waals surface area contributed by atoms with Gasteiger partial charge in [0.2, 0.25) is 0 Å². The molecule has 4 nitrogen and oxygen atoms in total. The van der Waals surface area contributed by atoms with Crippen molar-refractivity contribution in [2.24, 2.45) is 11.8 Å². The van der Waals surface area contributed by atoms with Gasteiger partial charge in [0.25, 0.3) is 0 Å². The van der Waals surface area contributed by atoms with Crippen LogP contribution in [-0.4, -0.2) is 23.8 Å². The van der Waals surface area contributed by atoms with E-state index in [4.69, 9.17) is 11.6 Å². The maximum atomic E-state index is 11.9. The van der Waals surface area contributed by atoms with Gasteiger partial charge in [0.15, 0.2) is 0 Å². The minimum atomic E-state index is -0.547. The van der Waals surface area contributed by atoms with Crippen LogP contribution in [0.25, 0.3) is 0 Å². The topological polar surface area (TPSA) is 61.4 Å². The Hall–Kier alpha value is -1.26. The van der Waals surface area contributed by atoms with Crippen molar-refractivity contribution in [1.29, 1.82) is 0 Å². The van der Waals surface area contributed by atoms with Crippen molar-refractivity contribution in [3.05, 3.63) is 34.9 Å². The van der Waals surface area contributed by atoms with Crippen LogP contribution in [0, 0.1) is 11.8 Å². The second-order valence-electron chi connectivity index (χ2n) is 5.61. The molecule has 0 aromatic heterocycles. The zero-order valence-corrected chi connectivity index (χ0v) is 12.5. The Morgan fingerprint density at radius 1 is 1.45 bits per heavy atom. The van der Waals surface area contributed by atoms with E-state index >= 15 is 0 Å². The molecule has 2 rings (SSSR count). The first-order valence-electron chi connectivity index (χ1n) is 6.95. The largest absolute Gasteiger partial charge is 0.392 e. The Morgan fingerprint density at radius 3 is 2.55 bits per heavy atom. The highest BCUT2D eigenvalue weighted by atomic mass is 35.5. The fourth-order valence-corrected chi connectivity index (χ4v) is 2.48. The SMILES string of the molecule is C[C@@H]1C[C@@H]1[C@@H](NC(=O)NC[C@@H](C)O)c1ccc(Cl)cc1. The summed E-state index contributed by atoms with van der Waals surface area (Å²) in [5, 5.41) is 15.5. The van der Waals surface area contributed by atoms with E-state index in [-0.39, 0.29) is 18.6 Å². The third-order valence-electron chi connectivity index (χ3n) is 3.67. The van der Waals surface area contributed by atoms with Crippen molar-refractivity contribution in [1.82, 2.24) is 10.6 Å². The number of nitrogens with one attached hydrogen (secondary N) is 2. The Balaban J connectivity index is 2.01. The van der Waals surface area contributed by atoms with Gasteiger partial charge in [-0.15, -0.1) is 0 Å². The van der Waals surface area contributed by atoms with Gasteiger partial charge in [-0.05, 0) is 42.9 Å². The van der Waals surface area contributed by atoms with Crippen LogP contribution in [0.4, 0.5) is 4.79 Å². The van der Waals surface area contributed by atoms with Crippen LogP contribution in [0.3, 0.4) is 0 Å². The van der Waals surface area contributed by atoms with E-state index in [1.54, 1.807) is 6.92 Å². The van der Waals surface area contributed by atoms with Gasteiger partial charge >= 0.3 is 6.03 Å². The number of halogens is 1. The van der Waals surface area contributed by atoms with Crippen LogP contribution in [-0.2, 0) is 0 Å². The van der Waals surface area contributed by atoms with Gasteiger partial charge in [-0.3, -0.25) is 0 Å². The Bertz CT molecular complexity index is 461. The molecular weight excluding hydrogens is 276 g/mol. The normalized spacial score (nSPS) is 23.8. The van der Waals surface area contributed by atoms with Gasteiger partial charge in [-0.25, -0.2) is 4.79 Å². The first kappa shape index (κ1) is 15.1. The summed E-state index contributed by atoms with van der Waals surface area (Å²) in [7, 11) is 0. The van der Waals surface area contributed by atoms with Crippen molar-refractivity contribution in [3.63, 3.8) is 0 Å². The summed E-state index contributed by atoms with van der Waals surface area (Å²) < 4.78 is 0. The summed E-state index contributed by atoms with van der Waals surface area (Å²) in [6, 6.07) is 7.33. The van der Waals surface area contributed by atoms with Gasteiger partial charge in [0.1, 0.15) is 0 Å². The number of rotatable bonds is 5. The average Bonchev–Trinajstić information content (AvgIpc) is 3.11. The molecule has 1 saturated carbocycles. The van der Waals surface area contributed by atoms with Crippen molar-refractivity contribution in [2.45, 2.75) is 32.4 Å². The lowest BCUT2D eigenvalue weighted by atomic mass is 10.0. The Kier molecular flexibility index (Phi) is 4.89. The summed E-state index contributed by atoms with van der Waals surface area (Å²) in [5.74, 6) is 1.08. The number of carbonyl (C=O) groups excluding carboxylic acids is 1. The molecule has 1 aromatic carbocycles. The molecule has 1 fully saturated rings. The third kappa shape index (κ3) is 4.12. The first-order chi connectivity index (χ1) is 9.47. The minimum Gasteiger partial charge on any atom is -0.392 e. The van der Waals surface area contributed by atoms with Crippen LogP contribution >= 0.6 is 11.6 Å². The second-order valence-corrected chi connectivity index (χ2v) is 6.05. The van der Waals surface area contributed by atoms with E-state index in [0.717, 1.165) is 12.0 Å². The third-order valence-corrected chi connectivity index (χ3v) is 3.93. The molecule has 1 aliphatic rings. The second kappa shape index (κ2) is 6.46. The van der Waals surface area contributed by atoms with Crippen molar-refractivity contribution in [2.75, 3.05) is 6.54 Å². The number of hydrogen-bond donors (Lipinski definition) is 3. The predicted molar refractivity (Wildman–Crippen MR) is 79.7 cm³/mol. The van der Waals surface area contributed by atoms with E-state index < -0.39 is 6.10 Å². The van der Waals surface area contributed by atoms with Crippen LogP contribution in [0.5, 0.6) is 0 Å². The number of aliphatic hydroxyl groups is 1. The highest BCUT2D eigenvalue weighted by molar-refractivity contribution is 6.30. The van der Waals surface area contributed by atoms with E-state index in [1.807, 2.05) is 24.3 Å². The fourth-order valence-electron chi connectivity index (χ4n) is 2.36. The average molecular weight is 297 g/mol. The highest BCUT2D eigenvalue weighted by Crippen LogP contribution is 2.47.